The smallest absolute Gasteiger partial charge is 0.257 e. The maximum atomic E-state index is 13.2. The molecule has 26 heavy (non-hydrogen) atoms. The summed E-state index contributed by atoms with van der Waals surface area (Å²) in [5.41, 5.74) is 4.42. The molecule has 2 aliphatic rings. The number of halogens is 1. The molecule has 4 rings (SSSR count). The van der Waals surface area contributed by atoms with Crippen molar-refractivity contribution in [3.8, 4) is 5.69 Å². The van der Waals surface area contributed by atoms with Gasteiger partial charge in [-0.15, -0.1) is 0 Å². The van der Waals surface area contributed by atoms with Crippen LogP contribution in [0.1, 0.15) is 41.5 Å². The second-order valence-corrected chi connectivity index (χ2v) is 7.65. The number of amides is 1. The average molecular weight is 353 g/mol. The molecule has 2 aromatic rings. The fourth-order valence-corrected chi connectivity index (χ4v) is 4.40. The van der Waals surface area contributed by atoms with Crippen LogP contribution in [0.5, 0.6) is 0 Å². The van der Waals surface area contributed by atoms with Crippen LogP contribution in [0, 0.1) is 31.5 Å². The Morgan fingerprint density at radius 2 is 1.81 bits per heavy atom. The largest absolute Gasteiger partial charge is 0.338 e. The molecule has 2 atom stereocenters. The van der Waals surface area contributed by atoms with Crippen molar-refractivity contribution >= 4 is 5.91 Å². The molecule has 0 radical (unpaired) electrons. The fraction of sp³-hybridized carbons (Fsp3) is 0.429. The quantitative estimate of drug-likeness (QED) is 0.764. The van der Waals surface area contributed by atoms with Crippen molar-refractivity contribution in [2.75, 3.05) is 13.1 Å². The van der Waals surface area contributed by atoms with Gasteiger partial charge in [-0.3, -0.25) is 4.79 Å². The lowest BCUT2D eigenvalue weighted by Gasteiger charge is -2.21. The van der Waals surface area contributed by atoms with Gasteiger partial charge in [0.15, 0.2) is 0 Å². The Hall–Kier alpha value is -2.43. The molecule has 1 aliphatic carbocycles. The number of fused-ring (bicyclic) bond motifs is 1. The minimum absolute atomic E-state index is 0.0698. The third-order valence-electron chi connectivity index (χ3n) is 5.79. The first kappa shape index (κ1) is 17.0. The molecule has 1 amide bonds. The van der Waals surface area contributed by atoms with E-state index in [4.69, 9.17) is 0 Å². The van der Waals surface area contributed by atoms with Gasteiger partial charge in [-0.2, -0.15) is 5.10 Å². The van der Waals surface area contributed by atoms with E-state index in [1.807, 2.05) is 18.7 Å². The third-order valence-corrected chi connectivity index (χ3v) is 5.79. The molecule has 0 N–H and O–H groups in total. The Kier molecular flexibility index (Phi) is 4.17. The van der Waals surface area contributed by atoms with Gasteiger partial charge >= 0.3 is 0 Å². The minimum Gasteiger partial charge on any atom is -0.338 e. The van der Waals surface area contributed by atoms with Crippen LogP contribution in [0.4, 0.5) is 4.39 Å². The van der Waals surface area contributed by atoms with Gasteiger partial charge in [0, 0.05) is 13.1 Å². The van der Waals surface area contributed by atoms with Crippen molar-refractivity contribution in [1.82, 2.24) is 14.7 Å². The van der Waals surface area contributed by atoms with Crippen LogP contribution in [0.15, 0.2) is 35.9 Å². The molecule has 0 spiro atoms. The first-order valence-electron chi connectivity index (χ1n) is 9.21. The Bertz CT molecular complexity index is 881. The zero-order valence-corrected chi connectivity index (χ0v) is 15.5. The monoisotopic (exact) mass is 353 g/mol. The summed E-state index contributed by atoms with van der Waals surface area (Å²) in [6.07, 6.45) is 4.49. The normalized spacial score (nSPS) is 22.3. The topological polar surface area (TPSA) is 38.1 Å². The summed E-state index contributed by atoms with van der Waals surface area (Å²) in [6, 6.07) is 6.19. The van der Waals surface area contributed by atoms with E-state index in [0.29, 0.717) is 17.4 Å². The molecule has 1 aromatic heterocycles. The van der Waals surface area contributed by atoms with Crippen LogP contribution < -0.4 is 0 Å². The first-order chi connectivity index (χ1) is 12.4. The predicted molar refractivity (Wildman–Crippen MR) is 98.9 cm³/mol. The van der Waals surface area contributed by atoms with Crippen LogP contribution in [-0.4, -0.2) is 33.7 Å². The van der Waals surface area contributed by atoms with E-state index in [1.165, 1.54) is 17.7 Å². The number of nitrogens with zero attached hydrogens (tertiary/aromatic N) is 3. The summed E-state index contributed by atoms with van der Waals surface area (Å²) in [7, 11) is 0. The van der Waals surface area contributed by atoms with Gasteiger partial charge in [0.2, 0.25) is 0 Å². The van der Waals surface area contributed by atoms with Crippen molar-refractivity contribution in [2.45, 2.75) is 33.6 Å². The highest BCUT2D eigenvalue weighted by Crippen LogP contribution is 2.36. The number of carbonyl (C=O) groups excluding carboxylic acids is 1. The Morgan fingerprint density at radius 3 is 2.54 bits per heavy atom. The van der Waals surface area contributed by atoms with Crippen molar-refractivity contribution in [3.63, 3.8) is 0 Å². The number of hydrogen-bond donors (Lipinski definition) is 0. The van der Waals surface area contributed by atoms with Gasteiger partial charge in [0.05, 0.1) is 22.6 Å². The molecule has 1 fully saturated rings. The fourth-order valence-electron chi connectivity index (χ4n) is 4.40. The average Bonchev–Trinajstić information content (AvgIpc) is 3.15. The second kappa shape index (κ2) is 6.38. The van der Waals surface area contributed by atoms with Gasteiger partial charge in [-0.25, -0.2) is 9.07 Å². The maximum Gasteiger partial charge on any atom is 0.257 e. The van der Waals surface area contributed by atoms with Crippen LogP contribution >= 0.6 is 0 Å². The summed E-state index contributed by atoms with van der Waals surface area (Å²) in [6.45, 7) is 7.62. The predicted octanol–water partition coefficient (Wildman–Crippen LogP) is 4.06. The van der Waals surface area contributed by atoms with Gasteiger partial charge in [0.1, 0.15) is 5.82 Å². The highest BCUT2D eigenvalue weighted by atomic mass is 19.1. The lowest BCUT2D eigenvalue weighted by Crippen LogP contribution is -2.30. The van der Waals surface area contributed by atoms with E-state index < -0.39 is 0 Å². The van der Waals surface area contributed by atoms with Crippen molar-refractivity contribution in [1.29, 1.82) is 0 Å². The molecule has 136 valence electrons. The highest BCUT2D eigenvalue weighted by molar-refractivity contribution is 5.96. The molecule has 1 aliphatic heterocycles. The minimum atomic E-state index is -0.282. The maximum absolute atomic E-state index is 13.2. The molecule has 0 bridgehead atoms. The highest BCUT2D eigenvalue weighted by Gasteiger charge is 2.37. The Balaban J connectivity index is 1.60. The van der Waals surface area contributed by atoms with Gasteiger partial charge in [0.25, 0.3) is 5.91 Å². The van der Waals surface area contributed by atoms with E-state index >= 15 is 0 Å². The van der Waals surface area contributed by atoms with Crippen molar-refractivity contribution in [3.05, 3.63) is 58.7 Å². The summed E-state index contributed by atoms with van der Waals surface area (Å²) in [4.78, 5) is 15.2. The Labute approximate surface area is 153 Å². The van der Waals surface area contributed by atoms with Gasteiger partial charge in [-0.05, 0) is 69.7 Å². The van der Waals surface area contributed by atoms with E-state index in [1.54, 1.807) is 16.8 Å². The lowest BCUT2D eigenvalue weighted by molar-refractivity contribution is 0.0782. The molecule has 1 saturated heterocycles. The van der Waals surface area contributed by atoms with Crippen LogP contribution in [0.3, 0.4) is 0 Å². The van der Waals surface area contributed by atoms with Gasteiger partial charge in [-0.1, -0.05) is 11.6 Å². The number of carbonyl (C=O) groups is 1. The SMILES string of the molecule is CC1=CC[C@H]2CN(C(=O)c3c(C)nn(-c4ccc(F)cc4)c3C)C[C@H]2C1. The summed E-state index contributed by atoms with van der Waals surface area (Å²) < 4.78 is 14.9. The van der Waals surface area contributed by atoms with Crippen molar-refractivity contribution in [2.24, 2.45) is 11.8 Å². The number of rotatable bonds is 2. The van der Waals surface area contributed by atoms with Gasteiger partial charge < -0.3 is 4.90 Å². The van der Waals surface area contributed by atoms with Crippen LogP contribution in [0.25, 0.3) is 5.69 Å². The number of likely N-dealkylation sites (tertiary alicyclic amines) is 1. The second-order valence-electron chi connectivity index (χ2n) is 7.65. The molecule has 0 saturated carbocycles. The Morgan fingerprint density at radius 1 is 1.12 bits per heavy atom. The lowest BCUT2D eigenvalue weighted by atomic mass is 9.83. The third kappa shape index (κ3) is 2.85. The molecule has 0 unspecified atom stereocenters. The van der Waals surface area contributed by atoms with E-state index in [0.717, 1.165) is 43.0 Å². The molecule has 4 nitrogen and oxygen atoms in total. The van der Waals surface area contributed by atoms with E-state index in [-0.39, 0.29) is 11.7 Å². The van der Waals surface area contributed by atoms with Crippen molar-refractivity contribution < 1.29 is 9.18 Å². The summed E-state index contributed by atoms with van der Waals surface area (Å²) >= 11 is 0. The van der Waals surface area contributed by atoms with Crippen LogP contribution in [-0.2, 0) is 0 Å². The number of aryl methyl sites for hydroxylation is 1. The number of benzene rings is 1. The van der Waals surface area contributed by atoms with E-state index in [2.05, 4.69) is 18.1 Å². The summed E-state index contributed by atoms with van der Waals surface area (Å²) in [5.74, 6) is 0.947. The molecular weight excluding hydrogens is 329 g/mol. The zero-order chi connectivity index (χ0) is 18.4. The van der Waals surface area contributed by atoms with E-state index in [9.17, 15) is 9.18 Å². The molecule has 5 heteroatoms. The molecule has 1 aromatic carbocycles. The standard InChI is InChI=1S/C21H24FN3O/c1-13-4-5-16-11-24(12-17(16)10-13)21(26)20-14(2)23-25(15(20)3)19-8-6-18(22)7-9-19/h4,6-9,16-17H,5,10-12H2,1-3H3/t16-,17+/m0/s1. The number of aromatic nitrogens is 2. The van der Waals surface area contributed by atoms with Crippen LogP contribution in [0.2, 0.25) is 0 Å². The molecule has 2 heterocycles. The first-order valence-corrected chi connectivity index (χ1v) is 9.21. The molecular formula is C21H24FN3O. The zero-order valence-electron chi connectivity index (χ0n) is 15.5. The summed E-state index contributed by atoms with van der Waals surface area (Å²) in [5, 5.41) is 4.54. The number of allylic oxidation sites excluding steroid dienone is 2. The number of hydrogen-bond acceptors (Lipinski definition) is 2.